The van der Waals surface area contributed by atoms with Gasteiger partial charge in [-0.2, -0.15) is 0 Å². The van der Waals surface area contributed by atoms with Gasteiger partial charge >= 0.3 is 0 Å². The van der Waals surface area contributed by atoms with E-state index >= 15 is 0 Å². The predicted octanol–water partition coefficient (Wildman–Crippen LogP) is 4.14. The number of nitrogens with zero attached hydrogens (tertiary/aromatic N) is 2. The lowest BCUT2D eigenvalue weighted by atomic mass is 10.1. The average molecular weight is 361 g/mol. The third-order valence-electron chi connectivity index (χ3n) is 4.56. The molecule has 5 heteroatoms. The maximum Gasteiger partial charge on any atom is 0.255 e. The summed E-state index contributed by atoms with van der Waals surface area (Å²) in [6.45, 7) is 6.09. The van der Waals surface area contributed by atoms with E-state index in [-0.39, 0.29) is 10.9 Å². The zero-order valence-electron chi connectivity index (χ0n) is 14.3. The Morgan fingerprint density at radius 2 is 1.84 bits per heavy atom. The van der Waals surface area contributed by atoms with Gasteiger partial charge in [0.15, 0.2) is 0 Å². The molecule has 0 radical (unpaired) electrons. The molecular formula is C20H22ClFN2O. The SMILES string of the molecule is Cc1ccc(CN2CCCN(C(=O)c3ccc(F)cc3Cl)CC2)cc1. The van der Waals surface area contributed by atoms with Gasteiger partial charge in [-0.25, -0.2) is 4.39 Å². The molecule has 1 aliphatic heterocycles. The number of halogens is 2. The second kappa shape index (κ2) is 7.98. The van der Waals surface area contributed by atoms with E-state index in [1.165, 1.54) is 29.3 Å². The van der Waals surface area contributed by atoms with Crippen molar-refractivity contribution in [1.82, 2.24) is 9.80 Å². The molecule has 0 spiro atoms. The van der Waals surface area contributed by atoms with E-state index in [4.69, 9.17) is 11.6 Å². The summed E-state index contributed by atoms with van der Waals surface area (Å²) >= 11 is 6.04. The number of hydrogen-bond acceptors (Lipinski definition) is 2. The molecule has 2 aromatic rings. The lowest BCUT2D eigenvalue weighted by Gasteiger charge is -2.22. The van der Waals surface area contributed by atoms with E-state index in [0.717, 1.165) is 26.1 Å². The van der Waals surface area contributed by atoms with Gasteiger partial charge in [0.2, 0.25) is 0 Å². The highest BCUT2D eigenvalue weighted by atomic mass is 35.5. The van der Waals surface area contributed by atoms with Gasteiger partial charge in [0.25, 0.3) is 5.91 Å². The highest BCUT2D eigenvalue weighted by molar-refractivity contribution is 6.33. The van der Waals surface area contributed by atoms with Crippen molar-refractivity contribution in [2.24, 2.45) is 0 Å². The van der Waals surface area contributed by atoms with Crippen LogP contribution in [-0.2, 0) is 6.54 Å². The van der Waals surface area contributed by atoms with Crippen LogP contribution < -0.4 is 0 Å². The molecule has 1 aliphatic rings. The molecule has 0 N–H and O–H groups in total. The van der Waals surface area contributed by atoms with Gasteiger partial charge in [-0.05, 0) is 37.1 Å². The van der Waals surface area contributed by atoms with Crippen LogP contribution in [-0.4, -0.2) is 41.9 Å². The molecule has 25 heavy (non-hydrogen) atoms. The third kappa shape index (κ3) is 4.59. The van der Waals surface area contributed by atoms with Crippen molar-refractivity contribution in [3.05, 3.63) is 70.0 Å². The number of carbonyl (C=O) groups is 1. The van der Waals surface area contributed by atoms with Crippen LogP contribution >= 0.6 is 11.6 Å². The molecule has 2 aromatic carbocycles. The van der Waals surface area contributed by atoms with E-state index in [2.05, 4.69) is 36.1 Å². The third-order valence-corrected chi connectivity index (χ3v) is 4.88. The van der Waals surface area contributed by atoms with Crippen molar-refractivity contribution in [3.63, 3.8) is 0 Å². The first-order valence-electron chi connectivity index (χ1n) is 8.55. The van der Waals surface area contributed by atoms with Crippen molar-refractivity contribution in [2.45, 2.75) is 19.9 Å². The Morgan fingerprint density at radius 1 is 1.08 bits per heavy atom. The second-order valence-electron chi connectivity index (χ2n) is 6.53. The van der Waals surface area contributed by atoms with Crippen LogP contribution in [0.1, 0.15) is 27.9 Å². The van der Waals surface area contributed by atoms with Gasteiger partial charge in [0.1, 0.15) is 5.82 Å². The average Bonchev–Trinajstić information content (AvgIpc) is 2.82. The summed E-state index contributed by atoms with van der Waals surface area (Å²) in [4.78, 5) is 16.9. The molecule has 3 nitrogen and oxygen atoms in total. The Labute approximate surface area is 153 Å². The fourth-order valence-electron chi connectivity index (χ4n) is 3.12. The van der Waals surface area contributed by atoms with Crippen LogP contribution in [0.25, 0.3) is 0 Å². The molecule has 132 valence electrons. The summed E-state index contributed by atoms with van der Waals surface area (Å²) in [6, 6.07) is 12.5. The Kier molecular flexibility index (Phi) is 5.71. The van der Waals surface area contributed by atoms with Gasteiger partial charge in [-0.1, -0.05) is 41.4 Å². The molecule has 0 aliphatic carbocycles. The summed E-state index contributed by atoms with van der Waals surface area (Å²) in [7, 11) is 0. The molecule has 0 bridgehead atoms. The summed E-state index contributed by atoms with van der Waals surface area (Å²) < 4.78 is 13.2. The smallest absolute Gasteiger partial charge is 0.255 e. The maximum absolute atomic E-state index is 13.2. The molecule has 1 amide bonds. The van der Waals surface area contributed by atoms with Crippen LogP contribution in [0.2, 0.25) is 5.02 Å². The summed E-state index contributed by atoms with van der Waals surface area (Å²) in [6.07, 6.45) is 0.913. The largest absolute Gasteiger partial charge is 0.337 e. The molecule has 0 aromatic heterocycles. The zero-order chi connectivity index (χ0) is 17.8. The van der Waals surface area contributed by atoms with Crippen molar-refractivity contribution in [3.8, 4) is 0 Å². The maximum atomic E-state index is 13.2. The van der Waals surface area contributed by atoms with E-state index in [1.807, 2.05) is 4.90 Å². The Hall–Kier alpha value is -1.91. The van der Waals surface area contributed by atoms with Crippen molar-refractivity contribution in [1.29, 1.82) is 0 Å². The highest BCUT2D eigenvalue weighted by Crippen LogP contribution is 2.20. The number of carbonyl (C=O) groups excluding carboxylic acids is 1. The number of amides is 1. The van der Waals surface area contributed by atoms with Crippen molar-refractivity contribution >= 4 is 17.5 Å². The van der Waals surface area contributed by atoms with Gasteiger partial charge in [0.05, 0.1) is 10.6 Å². The Balaban J connectivity index is 1.62. The minimum atomic E-state index is -0.429. The lowest BCUT2D eigenvalue weighted by Crippen LogP contribution is -2.35. The number of hydrogen-bond donors (Lipinski definition) is 0. The fraction of sp³-hybridized carbons (Fsp3) is 0.350. The monoisotopic (exact) mass is 360 g/mol. The first-order chi connectivity index (χ1) is 12.0. The minimum Gasteiger partial charge on any atom is -0.337 e. The Bertz CT molecular complexity index is 748. The lowest BCUT2D eigenvalue weighted by molar-refractivity contribution is 0.0761. The summed E-state index contributed by atoms with van der Waals surface area (Å²) in [5.41, 5.74) is 2.91. The second-order valence-corrected chi connectivity index (χ2v) is 6.94. The quantitative estimate of drug-likeness (QED) is 0.821. The summed E-state index contributed by atoms with van der Waals surface area (Å²) in [5.74, 6) is -0.552. The zero-order valence-corrected chi connectivity index (χ0v) is 15.1. The van der Waals surface area contributed by atoms with E-state index in [1.54, 1.807) is 0 Å². The molecule has 0 saturated carbocycles. The van der Waals surface area contributed by atoms with E-state index in [9.17, 15) is 9.18 Å². The van der Waals surface area contributed by atoms with Crippen LogP contribution in [0.15, 0.2) is 42.5 Å². The molecule has 3 rings (SSSR count). The number of benzene rings is 2. The standard InChI is InChI=1S/C20H22ClFN2O/c1-15-3-5-16(6-4-15)14-23-9-2-10-24(12-11-23)20(25)18-8-7-17(22)13-19(18)21/h3-8,13H,2,9-12,14H2,1H3. The number of rotatable bonds is 3. The van der Waals surface area contributed by atoms with Crippen LogP contribution in [0.4, 0.5) is 4.39 Å². The van der Waals surface area contributed by atoms with E-state index < -0.39 is 5.82 Å². The molecule has 0 unspecified atom stereocenters. The van der Waals surface area contributed by atoms with E-state index in [0.29, 0.717) is 18.7 Å². The summed E-state index contributed by atoms with van der Waals surface area (Å²) in [5, 5.41) is 0.172. The Morgan fingerprint density at radius 3 is 2.56 bits per heavy atom. The molecule has 1 fully saturated rings. The normalized spacial score (nSPS) is 15.9. The van der Waals surface area contributed by atoms with Crippen molar-refractivity contribution < 1.29 is 9.18 Å². The predicted molar refractivity (Wildman–Crippen MR) is 98.4 cm³/mol. The van der Waals surface area contributed by atoms with Crippen molar-refractivity contribution in [2.75, 3.05) is 26.2 Å². The van der Waals surface area contributed by atoms with Gasteiger partial charge in [0, 0.05) is 32.7 Å². The van der Waals surface area contributed by atoms with Gasteiger partial charge in [-0.15, -0.1) is 0 Å². The molecule has 1 saturated heterocycles. The van der Waals surface area contributed by atoms with Crippen LogP contribution in [0.3, 0.4) is 0 Å². The van der Waals surface area contributed by atoms with Gasteiger partial charge < -0.3 is 4.90 Å². The molecule has 1 heterocycles. The molecule has 0 atom stereocenters. The minimum absolute atomic E-state index is 0.123. The van der Waals surface area contributed by atoms with Crippen LogP contribution in [0.5, 0.6) is 0 Å². The topological polar surface area (TPSA) is 23.6 Å². The first-order valence-corrected chi connectivity index (χ1v) is 8.93. The first kappa shape index (κ1) is 17.9. The highest BCUT2D eigenvalue weighted by Gasteiger charge is 2.22. The van der Waals surface area contributed by atoms with Crippen LogP contribution in [0, 0.1) is 12.7 Å². The van der Waals surface area contributed by atoms with Gasteiger partial charge in [-0.3, -0.25) is 9.69 Å². The number of aryl methyl sites for hydroxylation is 1. The fourth-order valence-corrected chi connectivity index (χ4v) is 3.37. The molecular weight excluding hydrogens is 339 g/mol.